The largest absolute Gasteiger partial charge is 0.485 e. The molecule has 2 aromatic carbocycles. The normalized spacial score (nSPS) is 11.5. The highest BCUT2D eigenvalue weighted by molar-refractivity contribution is 6.32. The van der Waals surface area contributed by atoms with Crippen molar-refractivity contribution in [1.82, 2.24) is 19.9 Å². The van der Waals surface area contributed by atoms with Gasteiger partial charge in [-0.15, -0.1) is 0 Å². The van der Waals surface area contributed by atoms with Gasteiger partial charge in [-0.2, -0.15) is 23.3 Å². The molecule has 8 nitrogen and oxygen atoms in total. The van der Waals surface area contributed by atoms with E-state index in [1.165, 1.54) is 12.1 Å². The lowest BCUT2D eigenvalue weighted by atomic mass is 10.2. The molecule has 0 aliphatic rings. The van der Waals surface area contributed by atoms with Gasteiger partial charge in [0.25, 0.3) is 5.91 Å². The van der Waals surface area contributed by atoms with Crippen molar-refractivity contribution in [3.63, 3.8) is 0 Å². The van der Waals surface area contributed by atoms with Gasteiger partial charge in [-0.25, -0.2) is 4.68 Å². The summed E-state index contributed by atoms with van der Waals surface area (Å²) in [6.45, 7) is 3.25. The van der Waals surface area contributed by atoms with Gasteiger partial charge in [-0.3, -0.25) is 4.79 Å². The van der Waals surface area contributed by atoms with Crippen LogP contribution in [-0.4, -0.2) is 25.8 Å². The summed E-state index contributed by atoms with van der Waals surface area (Å²) in [4.78, 5) is 17.1. The van der Waals surface area contributed by atoms with Gasteiger partial charge < -0.3 is 14.6 Å². The van der Waals surface area contributed by atoms with Crippen molar-refractivity contribution < 1.29 is 27.2 Å². The lowest BCUT2D eigenvalue weighted by Crippen LogP contribution is -2.17. The molecule has 1 amide bonds. The Morgan fingerprint density at radius 1 is 1.18 bits per heavy atom. The number of aryl methyl sites for hydroxylation is 2. The first kappa shape index (κ1) is 23.3. The molecule has 0 fully saturated rings. The third kappa shape index (κ3) is 5.04. The van der Waals surface area contributed by atoms with E-state index >= 15 is 0 Å². The summed E-state index contributed by atoms with van der Waals surface area (Å²) in [5, 5.41) is 10.6. The first-order valence-corrected chi connectivity index (χ1v) is 10.3. The SMILES string of the molecule is Cc1cc(NC(=O)c2ccccc2OCc2noc(C)n2)n(-c2cc(C(F)(F)F)ccc2Cl)n1. The van der Waals surface area contributed by atoms with Gasteiger partial charge >= 0.3 is 6.18 Å². The number of anilines is 1. The van der Waals surface area contributed by atoms with E-state index in [0.717, 1.165) is 22.9 Å². The molecule has 12 heteroatoms. The Balaban J connectivity index is 1.62. The molecule has 4 aromatic rings. The van der Waals surface area contributed by atoms with E-state index in [4.69, 9.17) is 20.9 Å². The van der Waals surface area contributed by atoms with Crippen molar-refractivity contribution in [2.24, 2.45) is 0 Å². The van der Waals surface area contributed by atoms with Crippen LogP contribution < -0.4 is 10.1 Å². The number of para-hydroxylation sites is 1. The van der Waals surface area contributed by atoms with Crippen LogP contribution in [0.3, 0.4) is 0 Å². The number of hydrogen-bond donors (Lipinski definition) is 1. The van der Waals surface area contributed by atoms with Gasteiger partial charge in [0, 0.05) is 13.0 Å². The third-order valence-corrected chi connectivity index (χ3v) is 4.95. The number of rotatable bonds is 6. The molecular formula is C22H17ClF3N5O3. The van der Waals surface area contributed by atoms with Crippen LogP contribution in [0.5, 0.6) is 5.75 Å². The number of ether oxygens (including phenoxy) is 1. The lowest BCUT2D eigenvalue weighted by Gasteiger charge is -2.14. The average molecular weight is 492 g/mol. The Kier molecular flexibility index (Phi) is 6.29. The van der Waals surface area contributed by atoms with Crippen LogP contribution in [0, 0.1) is 13.8 Å². The summed E-state index contributed by atoms with van der Waals surface area (Å²) in [7, 11) is 0. The van der Waals surface area contributed by atoms with Crippen molar-refractivity contribution in [1.29, 1.82) is 0 Å². The molecule has 0 aliphatic carbocycles. The fraction of sp³-hybridized carbons (Fsp3) is 0.182. The summed E-state index contributed by atoms with van der Waals surface area (Å²) >= 11 is 6.16. The van der Waals surface area contributed by atoms with Gasteiger partial charge in [0.05, 0.1) is 27.5 Å². The number of nitrogens with one attached hydrogen (secondary N) is 1. The van der Waals surface area contributed by atoms with E-state index in [1.54, 1.807) is 32.0 Å². The van der Waals surface area contributed by atoms with Crippen molar-refractivity contribution in [3.8, 4) is 11.4 Å². The number of nitrogens with zero attached hydrogens (tertiary/aromatic N) is 4. The Morgan fingerprint density at radius 2 is 1.94 bits per heavy atom. The van der Waals surface area contributed by atoms with E-state index in [9.17, 15) is 18.0 Å². The molecule has 0 unspecified atom stereocenters. The number of carbonyl (C=O) groups is 1. The van der Waals surface area contributed by atoms with Crippen LogP contribution in [0.4, 0.5) is 19.0 Å². The second-order valence-corrected chi connectivity index (χ2v) is 7.62. The molecule has 34 heavy (non-hydrogen) atoms. The summed E-state index contributed by atoms with van der Waals surface area (Å²) in [5.74, 6) is 0.501. The molecule has 4 rings (SSSR count). The molecule has 176 valence electrons. The molecule has 2 aromatic heterocycles. The van der Waals surface area contributed by atoms with Crippen molar-refractivity contribution >= 4 is 23.3 Å². The zero-order valence-electron chi connectivity index (χ0n) is 17.9. The maximum Gasteiger partial charge on any atom is 0.416 e. The molecule has 0 radical (unpaired) electrons. The number of halogens is 4. The maximum atomic E-state index is 13.2. The van der Waals surface area contributed by atoms with Crippen LogP contribution in [0.15, 0.2) is 53.1 Å². The summed E-state index contributed by atoms with van der Waals surface area (Å²) < 4.78 is 51.4. The number of amides is 1. The molecule has 0 saturated carbocycles. The third-order valence-electron chi connectivity index (χ3n) is 4.63. The fourth-order valence-corrected chi connectivity index (χ4v) is 3.33. The van der Waals surface area contributed by atoms with Gasteiger partial charge in [0.15, 0.2) is 6.61 Å². The van der Waals surface area contributed by atoms with E-state index < -0.39 is 17.6 Å². The predicted octanol–water partition coefficient (Wildman–Crippen LogP) is 5.38. The van der Waals surface area contributed by atoms with E-state index in [2.05, 4.69) is 20.6 Å². The molecule has 0 atom stereocenters. The van der Waals surface area contributed by atoms with Crippen LogP contribution in [0.25, 0.3) is 5.69 Å². The molecular weight excluding hydrogens is 475 g/mol. The highest BCUT2D eigenvalue weighted by Gasteiger charge is 2.31. The number of benzene rings is 2. The Hall–Kier alpha value is -3.86. The van der Waals surface area contributed by atoms with E-state index in [-0.39, 0.29) is 34.4 Å². The summed E-state index contributed by atoms with van der Waals surface area (Å²) in [5.41, 5.74) is -0.284. The monoisotopic (exact) mass is 491 g/mol. The number of carbonyl (C=O) groups excluding carboxylic acids is 1. The second kappa shape index (κ2) is 9.18. The standard InChI is InChI=1S/C22H17ClF3N5O3/c1-12-9-20(31(29-12)17-10-14(22(24,25)26)7-8-16(17)23)28-21(32)15-5-3-4-6-18(15)33-11-19-27-13(2)34-30-19/h3-10H,11H2,1-2H3,(H,28,32). The predicted molar refractivity (Wildman–Crippen MR) is 116 cm³/mol. The quantitative estimate of drug-likeness (QED) is 0.389. The Morgan fingerprint density at radius 3 is 2.65 bits per heavy atom. The molecule has 0 bridgehead atoms. The summed E-state index contributed by atoms with van der Waals surface area (Å²) in [6.07, 6.45) is -4.57. The maximum absolute atomic E-state index is 13.2. The smallest absolute Gasteiger partial charge is 0.416 e. The highest BCUT2D eigenvalue weighted by atomic mass is 35.5. The molecule has 0 aliphatic heterocycles. The molecule has 1 N–H and O–H groups in total. The molecule has 0 spiro atoms. The number of alkyl halides is 3. The minimum atomic E-state index is -4.57. The van der Waals surface area contributed by atoms with Gasteiger partial charge in [-0.1, -0.05) is 28.9 Å². The van der Waals surface area contributed by atoms with Crippen molar-refractivity contribution in [2.45, 2.75) is 26.6 Å². The average Bonchev–Trinajstić information content (AvgIpc) is 3.36. The minimum Gasteiger partial charge on any atom is -0.485 e. The zero-order chi connectivity index (χ0) is 24.5. The second-order valence-electron chi connectivity index (χ2n) is 7.22. The van der Waals surface area contributed by atoms with Crippen LogP contribution in [0.1, 0.15) is 33.3 Å². The van der Waals surface area contributed by atoms with Crippen molar-refractivity contribution in [2.75, 3.05) is 5.32 Å². The van der Waals surface area contributed by atoms with Crippen molar-refractivity contribution in [3.05, 3.63) is 82.1 Å². The number of aromatic nitrogens is 4. The van der Waals surface area contributed by atoms with E-state index in [1.807, 2.05) is 0 Å². The topological polar surface area (TPSA) is 95.1 Å². The number of hydrogen-bond acceptors (Lipinski definition) is 6. The van der Waals surface area contributed by atoms with Gasteiger partial charge in [0.2, 0.25) is 11.7 Å². The molecule has 2 heterocycles. The highest BCUT2D eigenvalue weighted by Crippen LogP contribution is 2.34. The Bertz CT molecular complexity index is 1350. The van der Waals surface area contributed by atoms with Crippen LogP contribution in [0.2, 0.25) is 5.02 Å². The lowest BCUT2D eigenvalue weighted by molar-refractivity contribution is -0.137. The van der Waals surface area contributed by atoms with Crippen LogP contribution in [-0.2, 0) is 12.8 Å². The summed E-state index contributed by atoms with van der Waals surface area (Å²) in [6, 6.07) is 10.8. The molecule has 0 saturated heterocycles. The van der Waals surface area contributed by atoms with Gasteiger partial charge in [-0.05, 0) is 37.3 Å². The van der Waals surface area contributed by atoms with Gasteiger partial charge in [0.1, 0.15) is 11.6 Å². The first-order chi connectivity index (χ1) is 16.1. The van der Waals surface area contributed by atoms with Crippen LogP contribution >= 0.6 is 11.6 Å². The zero-order valence-corrected chi connectivity index (χ0v) is 18.6. The Labute approximate surface area is 196 Å². The first-order valence-electron chi connectivity index (χ1n) is 9.88. The minimum absolute atomic E-state index is 0.0292. The fourth-order valence-electron chi connectivity index (χ4n) is 3.13. The van der Waals surface area contributed by atoms with E-state index in [0.29, 0.717) is 17.4 Å².